The Morgan fingerprint density at radius 1 is 0.839 bits per heavy atom. The molecule has 3 fully saturated rings. The molecule has 0 spiro atoms. The number of hydrogen-bond acceptors (Lipinski definition) is 7. The Hall–Kier alpha value is -2.90. The van der Waals surface area contributed by atoms with Gasteiger partial charge < -0.3 is 19.7 Å². The van der Waals surface area contributed by atoms with Crippen LogP contribution in [0.3, 0.4) is 0 Å². The molecule has 1 aliphatic heterocycles. The van der Waals surface area contributed by atoms with Crippen LogP contribution >= 0.6 is 0 Å². The normalized spacial score (nSPS) is 20.4. The number of piperazine rings is 1. The summed E-state index contributed by atoms with van der Waals surface area (Å²) in [4.78, 5) is 23.9. The van der Waals surface area contributed by atoms with Crippen LogP contribution in [-0.2, 0) is 0 Å². The van der Waals surface area contributed by atoms with Crippen LogP contribution in [0.25, 0.3) is 11.2 Å². The fourth-order valence-electron chi connectivity index (χ4n) is 4.87. The highest BCUT2D eigenvalue weighted by Gasteiger charge is 2.27. The molecule has 0 bridgehead atoms. The maximum Gasteiger partial charge on any atom is 0.229 e. The van der Waals surface area contributed by atoms with Gasteiger partial charge in [-0.25, -0.2) is 9.97 Å². The van der Waals surface area contributed by atoms with Crippen molar-refractivity contribution in [2.24, 2.45) is 0 Å². The van der Waals surface area contributed by atoms with E-state index in [1.165, 1.54) is 44.9 Å². The van der Waals surface area contributed by atoms with Crippen LogP contribution in [-0.4, -0.2) is 56.7 Å². The zero-order valence-electron chi connectivity index (χ0n) is 18.0. The van der Waals surface area contributed by atoms with Crippen LogP contribution in [0.5, 0.6) is 0 Å². The minimum atomic E-state index is 0.510. The number of anilines is 3. The Kier molecular flexibility index (Phi) is 4.85. The third-order valence-corrected chi connectivity index (χ3v) is 6.83. The van der Waals surface area contributed by atoms with Gasteiger partial charge in [0.15, 0.2) is 17.0 Å². The Morgan fingerprint density at radius 3 is 2.39 bits per heavy atom. The molecule has 3 aromatic heterocycles. The first kappa shape index (κ1) is 18.8. The van der Waals surface area contributed by atoms with Crippen LogP contribution in [0.15, 0.2) is 30.7 Å². The van der Waals surface area contributed by atoms with Crippen LogP contribution < -0.4 is 15.1 Å². The van der Waals surface area contributed by atoms with Crippen molar-refractivity contribution in [3.63, 3.8) is 0 Å². The predicted octanol–water partition coefficient (Wildman–Crippen LogP) is 3.63. The highest BCUT2D eigenvalue weighted by molar-refractivity contribution is 5.84. The third kappa shape index (κ3) is 3.79. The van der Waals surface area contributed by atoms with E-state index in [4.69, 9.17) is 15.0 Å². The van der Waals surface area contributed by atoms with Crippen molar-refractivity contribution in [1.29, 1.82) is 0 Å². The van der Waals surface area contributed by atoms with Crippen molar-refractivity contribution in [3.8, 4) is 0 Å². The lowest BCUT2D eigenvalue weighted by Crippen LogP contribution is -2.47. The van der Waals surface area contributed by atoms with Crippen LogP contribution in [0.2, 0.25) is 0 Å². The summed E-state index contributed by atoms with van der Waals surface area (Å²) >= 11 is 0. The second-order valence-electron chi connectivity index (χ2n) is 9.07. The largest absolute Gasteiger partial charge is 0.365 e. The van der Waals surface area contributed by atoms with Gasteiger partial charge in [-0.15, -0.1) is 0 Å². The molecule has 3 aromatic rings. The van der Waals surface area contributed by atoms with Gasteiger partial charge in [0, 0.05) is 44.5 Å². The van der Waals surface area contributed by atoms with E-state index in [2.05, 4.69) is 30.7 Å². The van der Waals surface area contributed by atoms with Gasteiger partial charge in [-0.05, 0) is 37.8 Å². The third-order valence-electron chi connectivity index (χ3n) is 6.83. The molecule has 4 heterocycles. The molecule has 3 aliphatic rings. The summed E-state index contributed by atoms with van der Waals surface area (Å²) in [5.41, 5.74) is 1.92. The van der Waals surface area contributed by atoms with E-state index in [1.807, 2.05) is 24.7 Å². The number of nitrogens with zero attached hydrogens (tertiary/aromatic N) is 7. The predicted molar refractivity (Wildman–Crippen MR) is 123 cm³/mol. The van der Waals surface area contributed by atoms with Gasteiger partial charge in [-0.1, -0.05) is 25.3 Å². The van der Waals surface area contributed by atoms with Crippen LogP contribution in [0, 0.1) is 0 Å². The molecular weight excluding hydrogens is 388 g/mol. The molecule has 2 aliphatic carbocycles. The first-order valence-electron chi connectivity index (χ1n) is 11.8. The van der Waals surface area contributed by atoms with E-state index in [0.29, 0.717) is 12.1 Å². The Balaban J connectivity index is 1.29. The molecule has 1 saturated heterocycles. The average molecular weight is 419 g/mol. The minimum absolute atomic E-state index is 0.510. The van der Waals surface area contributed by atoms with Crippen molar-refractivity contribution >= 4 is 28.7 Å². The maximum absolute atomic E-state index is 5.06. The lowest BCUT2D eigenvalue weighted by Gasteiger charge is -2.35. The molecule has 0 unspecified atom stereocenters. The van der Waals surface area contributed by atoms with Gasteiger partial charge in [-0.3, -0.25) is 0 Å². The maximum atomic E-state index is 5.06. The highest BCUT2D eigenvalue weighted by Crippen LogP contribution is 2.34. The lowest BCUT2D eigenvalue weighted by molar-refractivity contribution is 0.358. The molecular formula is C23H30N8. The molecule has 0 amide bonds. The molecule has 0 aromatic carbocycles. The lowest BCUT2D eigenvalue weighted by atomic mass is 9.95. The van der Waals surface area contributed by atoms with Crippen molar-refractivity contribution in [2.75, 3.05) is 41.3 Å². The Bertz CT molecular complexity index is 1030. The molecule has 8 nitrogen and oxygen atoms in total. The van der Waals surface area contributed by atoms with Crippen molar-refractivity contribution in [2.45, 2.75) is 57.0 Å². The number of rotatable bonds is 5. The summed E-state index contributed by atoms with van der Waals surface area (Å²) < 4.78 is 2.32. The Labute approximate surface area is 182 Å². The SMILES string of the molecule is c1ccc(N2CCN(c3nc(NC4CC4)c4ncn(C5CCCCC5)c4n3)CC2)nc1. The summed E-state index contributed by atoms with van der Waals surface area (Å²) in [5.74, 6) is 2.78. The first-order chi connectivity index (χ1) is 15.3. The van der Waals surface area contributed by atoms with E-state index < -0.39 is 0 Å². The fourth-order valence-corrected chi connectivity index (χ4v) is 4.87. The van der Waals surface area contributed by atoms with Gasteiger partial charge in [0.25, 0.3) is 0 Å². The van der Waals surface area contributed by atoms with Gasteiger partial charge in [0.2, 0.25) is 5.95 Å². The topological polar surface area (TPSA) is 75.0 Å². The molecule has 162 valence electrons. The van der Waals surface area contributed by atoms with E-state index >= 15 is 0 Å². The van der Waals surface area contributed by atoms with Crippen LogP contribution in [0.1, 0.15) is 51.0 Å². The van der Waals surface area contributed by atoms with E-state index in [9.17, 15) is 0 Å². The molecule has 6 rings (SSSR count). The van der Waals surface area contributed by atoms with E-state index in [-0.39, 0.29) is 0 Å². The second-order valence-corrected chi connectivity index (χ2v) is 9.07. The summed E-state index contributed by atoms with van der Waals surface area (Å²) in [7, 11) is 0. The number of fused-ring (bicyclic) bond motifs is 1. The highest BCUT2D eigenvalue weighted by atomic mass is 15.3. The summed E-state index contributed by atoms with van der Waals surface area (Å²) in [6, 6.07) is 7.14. The van der Waals surface area contributed by atoms with Gasteiger partial charge in [-0.2, -0.15) is 9.97 Å². The minimum Gasteiger partial charge on any atom is -0.365 e. The molecule has 31 heavy (non-hydrogen) atoms. The summed E-state index contributed by atoms with van der Waals surface area (Å²) in [5, 5.41) is 3.62. The average Bonchev–Trinajstić information content (AvgIpc) is 3.55. The van der Waals surface area contributed by atoms with Gasteiger partial charge in [0.05, 0.1) is 6.33 Å². The van der Waals surface area contributed by atoms with E-state index in [0.717, 1.165) is 54.9 Å². The summed E-state index contributed by atoms with van der Waals surface area (Å²) in [6.45, 7) is 3.63. The standard InChI is InChI=1S/C23H30N8/c1-2-6-18(7-3-1)31-16-25-20-21(26-17-9-10-17)27-23(28-22(20)31)30-14-12-29(13-15-30)19-8-4-5-11-24-19/h4-5,8,11,16-18H,1-3,6-7,9-10,12-15H2,(H,26,27,28). The quantitative estimate of drug-likeness (QED) is 0.678. The van der Waals surface area contributed by atoms with E-state index in [1.54, 1.807) is 0 Å². The summed E-state index contributed by atoms with van der Waals surface area (Å²) in [6.07, 6.45) is 12.7. The number of aromatic nitrogens is 5. The van der Waals surface area contributed by atoms with Gasteiger partial charge in [0.1, 0.15) is 5.82 Å². The zero-order chi connectivity index (χ0) is 20.6. The molecule has 8 heteroatoms. The second kappa shape index (κ2) is 7.98. The van der Waals surface area contributed by atoms with Gasteiger partial charge >= 0.3 is 0 Å². The molecule has 2 saturated carbocycles. The molecule has 1 N–H and O–H groups in total. The van der Waals surface area contributed by atoms with Crippen LogP contribution in [0.4, 0.5) is 17.6 Å². The zero-order valence-corrected chi connectivity index (χ0v) is 18.0. The van der Waals surface area contributed by atoms with Crippen molar-refractivity contribution in [3.05, 3.63) is 30.7 Å². The number of nitrogens with one attached hydrogen (secondary N) is 1. The fraction of sp³-hybridized carbons (Fsp3) is 0.565. The first-order valence-corrected chi connectivity index (χ1v) is 11.8. The van der Waals surface area contributed by atoms with Crippen molar-refractivity contribution in [1.82, 2.24) is 24.5 Å². The monoisotopic (exact) mass is 418 g/mol. The molecule has 0 atom stereocenters. The van der Waals surface area contributed by atoms with Crippen molar-refractivity contribution < 1.29 is 0 Å². The Morgan fingerprint density at radius 2 is 1.65 bits per heavy atom. The molecule has 0 radical (unpaired) electrons. The number of hydrogen-bond donors (Lipinski definition) is 1. The number of pyridine rings is 1. The number of imidazole rings is 1. The smallest absolute Gasteiger partial charge is 0.229 e.